The monoisotopic (exact) mass is 263 g/mol. The standard InChI is InChI=1S/C11H25N3O2S/c1-10(2)13(4)17(15,16)14-7-5-11(3,9-12)6-8-14/h10H,5-9,12H2,1-4H3. The molecule has 1 heterocycles. The highest BCUT2D eigenvalue weighted by atomic mass is 32.2. The molecule has 0 unspecified atom stereocenters. The summed E-state index contributed by atoms with van der Waals surface area (Å²) in [5.74, 6) is 0. The number of nitrogens with zero attached hydrogens (tertiary/aromatic N) is 2. The zero-order valence-electron chi connectivity index (χ0n) is 11.3. The third kappa shape index (κ3) is 3.19. The van der Waals surface area contributed by atoms with Gasteiger partial charge in [-0.1, -0.05) is 6.92 Å². The number of nitrogens with two attached hydrogens (primary N) is 1. The first kappa shape index (κ1) is 14.9. The highest BCUT2D eigenvalue weighted by molar-refractivity contribution is 7.86. The van der Waals surface area contributed by atoms with Crippen LogP contribution >= 0.6 is 0 Å². The van der Waals surface area contributed by atoms with Crippen LogP contribution < -0.4 is 5.73 Å². The van der Waals surface area contributed by atoms with Gasteiger partial charge in [0, 0.05) is 26.2 Å². The maximum atomic E-state index is 12.2. The second-order valence-electron chi connectivity index (χ2n) is 5.53. The van der Waals surface area contributed by atoms with Crippen molar-refractivity contribution in [3.05, 3.63) is 0 Å². The minimum absolute atomic E-state index is 0.0113. The Hall–Kier alpha value is -0.170. The maximum Gasteiger partial charge on any atom is 0.281 e. The van der Waals surface area contributed by atoms with E-state index in [4.69, 9.17) is 5.73 Å². The molecule has 1 saturated heterocycles. The Labute approximate surface area is 105 Å². The maximum absolute atomic E-state index is 12.2. The van der Waals surface area contributed by atoms with Gasteiger partial charge in [0.25, 0.3) is 10.2 Å². The molecule has 0 bridgehead atoms. The molecule has 1 aliphatic heterocycles. The number of hydrogen-bond acceptors (Lipinski definition) is 3. The topological polar surface area (TPSA) is 66.6 Å². The number of piperidine rings is 1. The molecule has 1 rings (SSSR count). The van der Waals surface area contributed by atoms with Crippen LogP contribution in [0, 0.1) is 5.41 Å². The van der Waals surface area contributed by atoms with Crippen molar-refractivity contribution >= 4 is 10.2 Å². The largest absolute Gasteiger partial charge is 0.330 e. The smallest absolute Gasteiger partial charge is 0.281 e. The summed E-state index contributed by atoms with van der Waals surface area (Å²) in [7, 11) is -1.66. The fourth-order valence-corrected chi connectivity index (χ4v) is 3.45. The van der Waals surface area contributed by atoms with Crippen LogP contribution in [-0.4, -0.2) is 49.8 Å². The summed E-state index contributed by atoms with van der Waals surface area (Å²) in [5, 5.41) is 0. The van der Waals surface area contributed by atoms with Crippen molar-refractivity contribution in [1.82, 2.24) is 8.61 Å². The van der Waals surface area contributed by atoms with Gasteiger partial charge < -0.3 is 5.73 Å². The van der Waals surface area contributed by atoms with Crippen LogP contribution in [0.2, 0.25) is 0 Å². The molecule has 0 radical (unpaired) electrons. The van der Waals surface area contributed by atoms with Gasteiger partial charge in [-0.25, -0.2) is 0 Å². The SMILES string of the molecule is CC(C)N(C)S(=O)(=O)N1CCC(C)(CN)CC1. The van der Waals surface area contributed by atoms with Gasteiger partial charge in [0.1, 0.15) is 0 Å². The van der Waals surface area contributed by atoms with Gasteiger partial charge in [0.05, 0.1) is 0 Å². The van der Waals surface area contributed by atoms with Crippen LogP contribution in [0.4, 0.5) is 0 Å². The van der Waals surface area contributed by atoms with E-state index < -0.39 is 10.2 Å². The molecule has 102 valence electrons. The minimum Gasteiger partial charge on any atom is -0.330 e. The summed E-state index contributed by atoms with van der Waals surface area (Å²) in [5.41, 5.74) is 5.82. The quantitative estimate of drug-likeness (QED) is 0.809. The van der Waals surface area contributed by atoms with Gasteiger partial charge in [-0.2, -0.15) is 17.0 Å². The molecule has 0 amide bonds. The first-order valence-corrected chi connectivity index (χ1v) is 7.56. The first-order valence-electron chi connectivity index (χ1n) is 6.16. The fourth-order valence-electron chi connectivity index (χ4n) is 1.91. The van der Waals surface area contributed by atoms with Crippen molar-refractivity contribution in [3.63, 3.8) is 0 Å². The van der Waals surface area contributed by atoms with E-state index in [1.807, 2.05) is 13.8 Å². The minimum atomic E-state index is -3.29. The molecule has 17 heavy (non-hydrogen) atoms. The third-order valence-corrected chi connectivity index (χ3v) is 6.01. The van der Waals surface area contributed by atoms with Gasteiger partial charge in [-0.15, -0.1) is 0 Å². The van der Waals surface area contributed by atoms with Gasteiger partial charge in [-0.3, -0.25) is 0 Å². The Kier molecular flexibility index (Phi) is 4.57. The second-order valence-corrected chi connectivity index (χ2v) is 7.52. The summed E-state index contributed by atoms with van der Waals surface area (Å²) in [6.45, 7) is 7.67. The lowest BCUT2D eigenvalue weighted by molar-refractivity contribution is 0.175. The Morgan fingerprint density at radius 2 is 1.82 bits per heavy atom. The molecule has 0 saturated carbocycles. The van der Waals surface area contributed by atoms with E-state index in [-0.39, 0.29) is 11.5 Å². The molecular weight excluding hydrogens is 238 g/mol. The van der Waals surface area contributed by atoms with Crippen molar-refractivity contribution in [2.45, 2.75) is 39.7 Å². The van der Waals surface area contributed by atoms with E-state index in [2.05, 4.69) is 6.92 Å². The third-order valence-electron chi connectivity index (χ3n) is 3.84. The zero-order valence-corrected chi connectivity index (χ0v) is 12.1. The molecule has 0 aromatic carbocycles. The molecule has 0 aromatic heterocycles. The van der Waals surface area contributed by atoms with Crippen LogP contribution in [0.3, 0.4) is 0 Å². The van der Waals surface area contributed by atoms with Crippen molar-refractivity contribution in [3.8, 4) is 0 Å². The molecule has 6 heteroatoms. The molecule has 0 aromatic rings. The fraction of sp³-hybridized carbons (Fsp3) is 1.00. The van der Waals surface area contributed by atoms with Gasteiger partial charge in [0.15, 0.2) is 0 Å². The summed E-state index contributed by atoms with van der Waals surface area (Å²) in [6.07, 6.45) is 1.68. The molecule has 2 N–H and O–H groups in total. The highest BCUT2D eigenvalue weighted by Gasteiger charge is 2.36. The normalized spacial score (nSPS) is 22.3. The van der Waals surface area contributed by atoms with Crippen molar-refractivity contribution < 1.29 is 8.42 Å². The zero-order chi connectivity index (χ0) is 13.3. The van der Waals surface area contributed by atoms with Crippen molar-refractivity contribution in [2.24, 2.45) is 11.1 Å². The van der Waals surface area contributed by atoms with Gasteiger partial charge in [0.2, 0.25) is 0 Å². The number of rotatable bonds is 4. The second kappa shape index (κ2) is 5.22. The Bertz CT molecular complexity index is 346. The molecule has 0 aliphatic carbocycles. The Morgan fingerprint density at radius 1 is 1.35 bits per heavy atom. The van der Waals surface area contributed by atoms with Crippen molar-refractivity contribution in [2.75, 3.05) is 26.7 Å². The molecule has 1 fully saturated rings. The van der Waals surface area contributed by atoms with E-state index in [1.54, 1.807) is 11.4 Å². The van der Waals surface area contributed by atoms with E-state index in [9.17, 15) is 8.42 Å². The Balaban J connectivity index is 2.72. The molecule has 0 spiro atoms. The lowest BCUT2D eigenvalue weighted by atomic mass is 9.81. The van der Waals surface area contributed by atoms with E-state index in [0.29, 0.717) is 19.6 Å². The Morgan fingerprint density at radius 3 is 2.18 bits per heavy atom. The van der Waals surface area contributed by atoms with E-state index >= 15 is 0 Å². The van der Waals surface area contributed by atoms with E-state index in [1.165, 1.54) is 4.31 Å². The summed E-state index contributed by atoms with van der Waals surface area (Å²) in [4.78, 5) is 0. The average Bonchev–Trinajstić information content (AvgIpc) is 2.28. The number of hydrogen-bond donors (Lipinski definition) is 1. The van der Waals surface area contributed by atoms with Gasteiger partial charge in [-0.05, 0) is 38.6 Å². The molecule has 0 atom stereocenters. The van der Waals surface area contributed by atoms with Crippen LogP contribution in [-0.2, 0) is 10.2 Å². The first-order chi connectivity index (χ1) is 7.73. The molecule has 1 aliphatic rings. The van der Waals surface area contributed by atoms with Crippen LogP contribution in [0.25, 0.3) is 0 Å². The average molecular weight is 263 g/mol. The highest BCUT2D eigenvalue weighted by Crippen LogP contribution is 2.31. The molecule has 5 nitrogen and oxygen atoms in total. The lowest BCUT2D eigenvalue weighted by Crippen LogP contribution is -2.50. The lowest BCUT2D eigenvalue weighted by Gasteiger charge is -2.39. The summed E-state index contributed by atoms with van der Waals surface area (Å²) in [6, 6.07) is -0.0113. The van der Waals surface area contributed by atoms with E-state index in [0.717, 1.165) is 12.8 Å². The van der Waals surface area contributed by atoms with Crippen LogP contribution in [0.15, 0.2) is 0 Å². The molecular formula is C11H25N3O2S. The van der Waals surface area contributed by atoms with Crippen molar-refractivity contribution in [1.29, 1.82) is 0 Å². The van der Waals surface area contributed by atoms with Gasteiger partial charge >= 0.3 is 0 Å². The summed E-state index contributed by atoms with van der Waals surface area (Å²) < 4.78 is 27.5. The van der Waals surface area contributed by atoms with Crippen LogP contribution in [0.1, 0.15) is 33.6 Å². The predicted molar refractivity (Wildman–Crippen MR) is 69.8 cm³/mol. The van der Waals surface area contributed by atoms with Crippen LogP contribution in [0.5, 0.6) is 0 Å². The predicted octanol–water partition coefficient (Wildman–Crippen LogP) is 0.632. The summed E-state index contributed by atoms with van der Waals surface area (Å²) >= 11 is 0.